The molecule has 0 aliphatic rings. The van der Waals surface area contributed by atoms with Crippen molar-refractivity contribution in [2.24, 2.45) is 12.2 Å². The smallest absolute Gasteiger partial charge is 0.238 e. The van der Waals surface area contributed by atoms with E-state index in [1.54, 1.807) is 30.5 Å². The summed E-state index contributed by atoms with van der Waals surface area (Å²) in [6, 6.07) is 20.2. The van der Waals surface area contributed by atoms with Crippen LogP contribution in [0, 0.1) is 5.82 Å². The molecule has 0 spiro atoms. The van der Waals surface area contributed by atoms with E-state index in [4.69, 9.17) is 10.1 Å². The van der Waals surface area contributed by atoms with Gasteiger partial charge in [-0.1, -0.05) is 18.2 Å². The molecule has 5 rings (SSSR count). The number of hydrogen-bond donors (Lipinski definition) is 3. The molecule has 3 aromatic carbocycles. The van der Waals surface area contributed by atoms with Crippen LogP contribution in [0.3, 0.4) is 0 Å². The van der Waals surface area contributed by atoms with Crippen LogP contribution in [0.1, 0.15) is 5.56 Å². The number of hydrogen-bond acceptors (Lipinski definition) is 8. The van der Waals surface area contributed by atoms with Gasteiger partial charge < -0.3 is 20.1 Å². The highest BCUT2D eigenvalue weighted by atomic mass is 35.5. The van der Waals surface area contributed by atoms with Gasteiger partial charge in [0.15, 0.2) is 0 Å². The largest absolute Gasteiger partial charge is 0.352 e. The van der Waals surface area contributed by atoms with Gasteiger partial charge in [0.25, 0.3) is 0 Å². The van der Waals surface area contributed by atoms with Gasteiger partial charge in [0.2, 0.25) is 21.9 Å². The zero-order valence-electron chi connectivity index (χ0n) is 21.0. The van der Waals surface area contributed by atoms with Gasteiger partial charge >= 0.3 is 0 Å². The number of aryl methyl sites for hydroxylation is 1. The van der Waals surface area contributed by atoms with Crippen LogP contribution in [-0.2, 0) is 23.6 Å². The molecule has 0 atom stereocenters. The monoisotopic (exact) mass is 568 g/mol. The number of halogens is 2. The van der Waals surface area contributed by atoms with E-state index in [1.165, 1.54) is 24.3 Å². The van der Waals surface area contributed by atoms with Crippen molar-refractivity contribution in [2.45, 2.75) is 11.4 Å². The first kappa shape index (κ1) is 27.8. The van der Waals surface area contributed by atoms with Crippen molar-refractivity contribution in [3.05, 3.63) is 90.4 Å². The molecule has 0 saturated carbocycles. The Labute approximate surface area is 231 Å². The van der Waals surface area contributed by atoms with Gasteiger partial charge in [-0.05, 0) is 60.2 Å². The first-order chi connectivity index (χ1) is 18.2. The highest BCUT2D eigenvalue weighted by Gasteiger charge is 2.13. The lowest BCUT2D eigenvalue weighted by atomic mass is 10.2. The second-order valence-corrected chi connectivity index (χ2v) is 10.2. The number of nitrogens with zero attached hydrogens (tertiary/aromatic N) is 5. The molecule has 0 aliphatic carbocycles. The standard InChI is InChI=1S/C26H25FN8O2S.ClH/c1-34(24-11-12-29-25(33-24)31-19-7-4-8-21(14-19)38(28,36)37)20-9-10-23-22(15-20)32-26(35(23)2)30-16-17-5-3-6-18(27)13-17;/h3-15H,16H2,1-2H3,(H,30,32)(H2,28,36,37)(H,29,31,33);1H. The van der Waals surface area contributed by atoms with E-state index in [-0.39, 0.29) is 23.1 Å². The van der Waals surface area contributed by atoms with Gasteiger partial charge in [0, 0.05) is 38.2 Å². The molecule has 39 heavy (non-hydrogen) atoms. The lowest BCUT2D eigenvalue weighted by Gasteiger charge is -2.19. The van der Waals surface area contributed by atoms with Crippen LogP contribution in [0.4, 0.5) is 33.5 Å². The second kappa shape index (κ2) is 11.2. The number of nitrogens with two attached hydrogens (primary N) is 1. The molecular weight excluding hydrogens is 543 g/mol. The molecule has 4 N–H and O–H groups in total. The van der Waals surface area contributed by atoms with Crippen LogP contribution < -0.4 is 20.7 Å². The van der Waals surface area contributed by atoms with Crippen molar-refractivity contribution in [1.82, 2.24) is 19.5 Å². The minimum atomic E-state index is -3.83. The summed E-state index contributed by atoms with van der Waals surface area (Å²) in [6.45, 7) is 0.443. The fourth-order valence-electron chi connectivity index (χ4n) is 3.99. The van der Waals surface area contributed by atoms with E-state index >= 15 is 0 Å². The molecule has 0 bridgehead atoms. The molecule has 202 valence electrons. The molecule has 0 unspecified atom stereocenters. The Balaban J connectivity index is 0.00000353. The minimum absolute atomic E-state index is 0. The second-order valence-electron chi connectivity index (χ2n) is 8.65. The van der Waals surface area contributed by atoms with Crippen LogP contribution >= 0.6 is 12.4 Å². The average Bonchev–Trinajstić information content (AvgIpc) is 3.21. The first-order valence-electron chi connectivity index (χ1n) is 11.6. The fourth-order valence-corrected chi connectivity index (χ4v) is 4.55. The number of rotatable bonds is 8. The Hall–Kier alpha value is -4.26. The summed E-state index contributed by atoms with van der Waals surface area (Å²) >= 11 is 0. The van der Waals surface area contributed by atoms with Gasteiger partial charge in [-0.25, -0.2) is 27.9 Å². The lowest BCUT2D eigenvalue weighted by Crippen LogP contribution is -2.13. The molecule has 0 fully saturated rings. The lowest BCUT2D eigenvalue weighted by molar-refractivity contribution is 0.598. The minimum Gasteiger partial charge on any atom is -0.352 e. The fraction of sp³-hybridized carbons (Fsp3) is 0.115. The normalized spacial score (nSPS) is 11.2. The summed E-state index contributed by atoms with van der Waals surface area (Å²) in [5.41, 5.74) is 3.88. The number of primary sulfonamides is 1. The Bertz CT molecular complexity index is 1750. The molecule has 13 heteroatoms. The third-order valence-electron chi connectivity index (χ3n) is 5.99. The number of benzene rings is 3. The molecule has 2 aromatic heterocycles. The van der Waals surface area contributed by atoms with E-state index in [0.29, 0.717) is 29.9 Å². The van der Waals surface area contributed by atoms with E-state index in [9.17, 15) is 12.8 Å². The van der Waals surface area contributed by atoms with E-state index in [1.807, 2.05) is 47.8 Å². The molecular formula is C26H26ClFN8O2S. The van der Waals surface area contributed by atoms with Crippen molar-refractivity contribution >= 4 is 62.6 Å². The molecule has 5 aromatic rings. The SMILES string of the molecule is CN(c1ccc2c(c1)nc(NCc1cccc(F)c1)n2C)c1ccnc(Nc2cccc(S(N)(=O)=O)c2)n1.Cl. The predicted octanol–water partition coefficient (Wildman–Crippen LogP) is 4.70. The number of aromatic nitrogens is 4. The maximum absolute atomic E-state index is 13.5. The van der Waals surface area contributed by atoms with Crippen LogP contribution in [0.15, 0.2) is 83.9 Å². The molecule has 0 aliphatic heterocycles. The van der Waals surface area contributed by atoms with E-state index < -0.39 is 10.0 Å². The number of nitrogens with one attached hydrogen (secondary N) is 2. The van der Waals surface area contributed by atoms with Crippen molar-refractivity contribution in [1.29, 1.82) is 0 Å². The summed E-state index contributed by atoms with van der Waals surface area (Å²) in [5, 5.41) is 11.5. The average molecular weight is 569 g/mol. The van der Waals surface area contributed by atoms with Crippen LogP contribution in [0.5, 0.6) is 0 Å². The maximum Gasteiger partial charge on any atom is 0.238 e. The summed E-state index contributed by atoms with van der Waals surface area (Å²) in [7, 11) is -0.0381. The molecule has 0 amide bonds. The Morgan fingerprint density at radius 2 is 1.82 bits per heavy atom. The zero-order chi connectivity index (χ0) is 26.9. The maximum atomic E-state index is 13.5. The highest BCUT2D eigenvalue weighted by Crippen LogP contribution is 2.28. The number of sulfonamides is 1. The predicted molar refractivity (Wildman–Crippen MR) is 153 cm³/mol. The van der Waals surface area contributed by atoms with Gasteiger partial charge in [-0.2, -0.15) is 4.98 Å². The Kier molecular flexibility index (Phi) is 8.00. The van der Waals surface area contributed by atoms with Crippen LogP contribution in [-0.4, -0.2) is 35.0 Å². The van der Waals surface area contributed by atoms with E-state index in [0.717, 1.165) is 22.3 Å². The van der Waals surface area contributed by atoms with Crippen LogP contribution in [0.25, 0.3) is 11.0 Å². The van der Waals surface area contributed by atoms with Gasteiger partial charge in [-0.15, -0.1) is 12.4 Å². The third kappa shape index (κ3) is 6.25. The zero-order valence-corrected chi connectivity index (χ0v) is 22.7. The quantitative estimate of drug-likeness (QED) is 0.246. The summed E-state index contributed by atoms with van der Waals surface area (Å²) in [4.78, 5) is 15.4. The van der Waals surface area contributed by atoms with Crippen molar-refractivity contribution < 1.29 is 12.8 Å². The molecule has 2 heterocycles. The summed E-state index contributed by atoms with van der Waals surface area (Å²) in [5.74, 6) is 1.30. The Morgan fingerprint density at radius 1 is 1.03 bits per heavy atom. The summed E-state index contributed by atoms with van der Waals surface area (Å²) < 4.78 is 38.8. The summed E-state index contributed by atoms with van der Waals surface area (Å²) in [6.07, 6.45) is 1.61. The van der Waals surface area contributed by atoms with Gasteiger partial charge in [0.05, 0.1) is 15.9 Å². The molecule has 0 saturated heterocycles. The van der Waals surface area contributed by atoms with Crippen molar-refractivity contribution in [3.63, 3.8) is 0 Å². The van der Waals surface area contributed by atoms with Crippen molar-refractivity contribution in [2.75, 3.05) is 22.6 Å². The van der Waals surface area contributed by atoms with E-state index in [2.05, 4.69) is 20.6 Å². The number of fused-ring (bicyclic) bond motifs is 1. The first-order valence-corrected chi connectivity index (χ1v) is 13.1. The van der Waals surface area contributed by atoms with Crippen molar-refractivity contribution in [3.8, 4) is 0 Å². The van der Waals surface area contributed by atoms with Gasteiger partial charge in [-0.3, -0.25) is 0 Å². The number of imidazole rings is 1. The Morgan fingerprint density at radius 3 is 2.59 bits per heavy atom. The van der Waals surface area contributed by atoms with Gasteiger partial charge in [0.1, 0.15) is 11.6 Å². The molecule has 10 nitrogen and oxygen atoms in total. The number of anilines is 5. The topological polar surface area (TPSA) is 131 Å². The third-order valence-corrected chi connectivity index (χ3v) is 6.91. The highest BCUT2D eigenvalue weighted by molar-refractivity contribution is 7.89. The van der Waals surface area contributed by atoms with Crippen LogP contribution in [0.2, 0.25) is 0 Å². The molecule has 0 radical (unpaired) electrons.